The molecule has 0 bridgehead atoms. The molecule has 6 rings (SSSR count). The van der Waals surface area contributed by atoms with Gasteiger partial charge < -0.3 is 0 Å². The van der Waals surface area contributed by atoms with Gasteiger partial charge in [0, 0.05) is 5.92 Å². The van der Waals surface area contributed by atoms with Gasteiger partial charge in [-0.25, -0.2) is 0 Å². The van der Waals surface area contributed by atoms with Crippen LogP contribution in [0.4, 0.5) is 0 Å². The van der Waals surface area contributed by atoms with Crippen LogP contribution in [0.3, 0.4) is 0 Å². The first-order chi connectivity index (χ1) is 20.5. The SMILES string of the molecule is CCCCC1C([Si]C2=Cc3c(cccc3-c3cccc(C(C)(C)C)c3)C2)=Cc2c(-c3cccc(C(C)(C)C)c3)cccc21. The third-order valence-electron chi connectivity index (χ3n) is 9.32. The van der Waals surface area contributed by atoms with Crippen LogP contribution in [-0.2, 0) is 17.3 Å². The Morgan fingerprint density at radius 3 is 1.86 bits per heavy atom. The van der Waals surface area contributed by atoms with E-state index in [1.165, 1.54) is 74.9 Å². The van der Waals surface area contributed by atoms with E-state index in [9.17, 15) is 0 Å². The lowest BCUT2D eigenvalue weighted by Gasteiger charge is -2.21. The molecule has 43 heavy (non-hydrogen) atoms. The number of hydrogen-bond donors (Lipinski definition) is 0. The largest absolute Gasteiger partial charge is 0.111 e. The van der Waals surface area contributed by atoms with Gasteiger partial charge in [-0.3, -0.25) is 0 Å². The maximum Gasteiger partial charge on any atom is 0.111 e. The van der Waals surface area contributed by atoms with Crippen LogP contribution in [0.1, 0.15) is 107 Å². The van der Waals surface area contributed by atoms with Crippen molar-refractivity contribution < 1.29 is 0 Å². The van der Waals surface area contributed by atoms with Crippen LogP contribution in [0.25, 0.3) is 34.4 Å². The molecule has 0 saturated heterocycles. The van der Waals surface area contributed by atoms with E-state index in [1.807, 2.05) is 0 Å². The van der Waals surface area contributed by atoms with E-state index in [-0.39, 0.29) is 10.8 Å². The van der Waals surface area contributed by atoms with Crippen molar-refractivity contribution in [2.45, 2.75) is 90.9 Å². The molecular formula is C42H46Si. The lowest BCUT2D eigenvalue weighted by Crippen LogP contribution is -2.10. The zero-order valence-corrected chi connectivity index (χ0v) is 28.1. The van der Waals surface area contributed by atoms with Crippen molar-refractivity contribution in [3.8, 4) is 22.3 Å². The number of fused-ring (bicyclic) bond motifs is 2. The molecule has 2 aliphatic rings. The highest BCUT2D eigenvalue weighted by Gasteiger charge is 2.29. The van der Waals surface area contributed by atoms with E-state index < -0.39 is 0 Å². The summed E-state index contributed by atoms with van der Waals surface area (Å²) < 4.78 is 0. The van der Waals surface area contributed by atoms with Crippen LogP contribution >= 0.6 is 0 Å². The van der Waals surface area contributed by atoms with Crippen molar-refractivity contribution in [3.05, 3.63) is 129 Å². The van der Waals surface area contributed by atoms with Crippen molar-refractivity contribution in [2.75, 3.05) is 0 Å². The first kappa shape index (κ1) is 29.6. The molecule has 1 unspecified atom stereocenters. The normalized spacial score (nSPS) is 16.1. The van der Waals surface area contributed by atoms with E-state index in [0.717, 1.165) is 15.9 Å². The predicted octanol–water partition coefficient (Wildman–Crippen LogP) is 11.5. The van der Waals surface area contributed by atoms with Crippen LogP contribution in [0.15, 0.2) is 95.3 Å². The van der Waals surface area contributed by atoms with E-state index in [2.05, 4.69) is 146 Å². The molecule has 0 spiro atoms. The quantitative estimate of drug-likeness (QED) is 0.191. The summed E-state index contributed by atoms with van der Waals surface area (Å²) in [4.78, 5) is 0. The highest BCUT2D eigenvalue weighted by atomic mass is 28.2. The minimum Gasteiger partial charge on any atom is -0.0748 e. The van der Waals surface area contributed by atoms with E-state index in [1.54, 1.807) is 10.4 Å². The molecule has 0 fully saturated rings. The van der Waals surface area contributed by atoms with E-state index >= 15 is 0 Å². The lowest BCUT2D eigenvalue weighted by atomic mass is 9.84. The zero-order chi connectivity index (χ0) is 30.4. The maximum absolute atomic E-state index is 2.57. The first-order valence-corrected chi connectivity index (χ1v) is 17.2. The van der Waals surface area contributed by atoms with Gasteiger partial charge in [-0.2, -0.15) is 0 Å². The van der Waals surface area contributed by atoms with Gasteiger partial charge in [-0.15, -0.1) is 0 Å². The van der Waals surface area contributed by atoms with Gasteiger partial charge in [0.1, 0.15) is 9.52 Å². The van der Waals surface area contributed by atoms with Gasteiger partial charge in [-0.1, -0.05) is 169 Å². The Kier molecular flexibility index (Phi) is 7.98. The Labute approximate surface area is 262 Å². The van der Waals surface area contributed by atoms with Crippen LogP contribution in [-0.4, -0.2) is 9.52 Å². The van der Waals surface area contributed by atoms with Gasteiger partial charge in [0.05, 0.1) is 0 Å². The number of rotatable bonds is 7. The van der Waals surface area contributed by atoms with Crippen LogP contribution in [0.2, 0.25) is 0 Å². The molecule has 0 heterocycles. The minimum atomic E-state index is 0.136. The zero-order valence-electron chi connectivity index (χ0n) is 27.1. The van der Waals surface area contributed by atoms with Crippen molar-refractivity contribution in [1.29, 1.82) is 0 Å². The summed E-state index contributed by atoms with van der Waals surface area (Å²) >= 11 is 0. The third kappa shape index (κ3) is 6.02. The Bertz CT molecular complexity index is 1720. The second-order valence-corrected chi connectivity index (χ2v) is 16.1. The average molecular weight is 579 g/mol. The molecule has 0 saturated carbocycles. The van der Waals surface area contributed by atoms with Crippen LogP contribution in [0.5, 0.6) is 0 Å². The highest BCUT2D eigenvalue weighted by Crippen LogP contribution is 2.45. The monoisotopic (exact) mass is 578 g/mol. The number of hydrogen-bond acceptors (Lipinski definition) is 0. The Morgan fingerprint density at radius 1 is 0.674 bits per heavy atom. The Hall–Kier alpha value is -3.42. The molecule has 4 aromatic rings. The summed E-state index contributed by atoms with van der Waals surface area (Å²) in [5.74, 6) is 0.520. The summed E-state index contributed by atoms with van der Waals surface area (Å²) in [7, 11) is 0.731. The average Bonchev–Trinajstić information content (AvgIpc) is 3.55. The minimum absolute atomic E-state index is 0.136. The number of benzene rings is 4. The molecule has 2 aliphatic carbocycles. The third-order valence-corrected chi connectivity index (χ3v) is 10.7. The molecule has 2 radical (unpaired) electrons. The fourth-order valence-electron chi connectivity index (χ4n) is 6.76. The van der Waals surface area contributed by atoms with Crippen molar-refractivity contribution in [3.63, 3.8) is 0 Å². The van der Waals surface area contributed by atoms with Gasteiger partial charge in [0.15, 0.2) is 0 Å². The summed E-state index contributed by atoms with van der Waals surface area (Å²) in [5, 5.41) is 3.20. The molecule has 0 nitrogen and oxygen atoms in total. The van der Waals surface area contributed by atoms with E-state index in [4.69, 9.17) is 0 Å². The van der Waals surface area contributed by atoms with Gasteiger partial charge in [0.2, 0.25) is 0 Å². The van der Waals surface area contributed by atoms with Gasteiger partial charge in [-0.05, 0) is 79.3 Å². The van der Waals surface area contributed by atoms with E-state index in [0.29, 0.717) is 5.92 Å². The maximum atomic E-state index is 2.57. The molecule has 4 aromatic carbocycles. The molecule has 0 aromatic heterocycles. The molecule has 0 aliphatic heterocycles. The number of allylic oxidation sites excluding steroid dienone is 2. The van der Waals surface area contributed by atoms with Crippen molar-refractivity contribution in [1.82, 2.24) is 0 Å². The van der Waals surface area contributed by atoms with Crippen LogP contribution < -0.4 is 0 Å². The van der Waals surface area contributed by atoms with Crippen molar-refractivity contribution >= 4 is 21.7 Å². The summed E-state index contributed by atoms with van der Waals surface area (Å²) in [6.07, 6.45) is 9.91. The summed E-state index contributed by atoms with van der Waals surface area (Å²) in [5.41, 5.74) is 14.4. The molecule has 218 valence electrons. The second kappa shape index (κ2) is 11.6. The molecule has 0 amide bonds. The Balaban J connectivity index is 1.35. The first-order valence-electron chi connectivity index (χ1n) is 16.2. The van der Waals surface area contributed by atoms with Crippen LogP contribution in [0, 0.1) is 0 Å². The number of unbranched alkanes of at least 4 members (excludes halogenated alkanes) is 1. The molecule has 1 atom stereocenters. The van der Waals surface area contributed by atoms with Crippen molar-refractivity contribution in [2.24, 2.45) is 0 Å². The summed E-state index contributed by atoms with van der Waals surface area (Å²) in [6, 6.07) is 32.3. The molecule has 1 heteroatoms. The van der Waals surface area contributed by atoms with Gasteiger partial charge in [0.25, 0.3) is 0 Å². The smallest absolute Gasteiger partial charge is 0.0748 e. The standard InChI is InChI=1S/C42H46Si/c1-8-9-19-37-36-22-13-21-35(29-15-11-18-32(24-29)42(5,6)7)39(36)27-40(37)43-33-25-30-16-12-20-34(38(30)26-33)28-14-10-17-31(23-28)41(2,3)4/h10-18,20-24,26-27,37H,8-9,19,25H2,1-7H3. The topological polar surface area (TPSA) is 0 Å². The fraction of sp³-hybridized carbons (Fsp3) is 0.333. The highest BCUT2D eigenvalue weighted by molar-refractivity contribution is 6.57. The predicted molar refractivity (Wildman–Crippen MR) is 189 cm³/mol. The molecular weight excluding hydrogens is 533 g/mol. The lowest BCUT2D eigenvalue weighted by molar-refractivity contribution is 0.590. The second-order valence-electron chi connectivity index (χ2n) is 14.6. The fourth-order valence-corrected chi connectivity index (χ4v) is 8.31. The summed E-state index contributed by atoms with van der Waals surface area (Å²) in [6.45, 7) is 16.1. The van der Waals surface area contributed by atoms with Gasteiger partial charge >= 0.3 is 0 Å². The molecule has 0 N–H and O–H groups in total. The Morgan fingerprint density at radius 2 is 1.26 bits per heavy atom.